The van der Waals surface area contributed by atoms with Crippen molar-refractivity contribution in [3.63, 3.8) is 0 Å². The van der Waals surface area contributed by atoms with Crippen LogP contribution in [0, 0.1) is 6.92 Å². The van der Waals surface area contributed by atoms with Gasteiger partial charge >= 0.3 is 6.03 Å². The Balaban J connectivity index is 1.96. The number of hydrogen-bond acceptors (Lipinski definition) is 2. The monoisotopic (exact) mass is 357 g/mol. The molecular weight excluding hydrogens is 337 g/mol. The van der Waals surface area contributed by atoms with Crippen LogP contribution in [0.1, 0.15) is 12.0 Å². The molecule has 1 aliphatic heterocycles. The van der Waals surface area contributed by atoms with Gasteiger partial charge in [0, 0.05) is 43.5 Å². The summed E-state index contributed by atoms with van der Waals surface area (Å²) < 4.78 is 0. The van der Waals surface area contributed by atoms with Gasteiger partial charge in [0.2, 0.25) is 5.91 Å². The van der Waals surface area contributed by atoms with E-state index < -0.39 is 0 Å². The summed E-state index contributed by atoms with van der Waals surface area (Å²) in [6.07, 6.45) is 0.301. The van der Waals surface area contributed by atoms with E-state index in [1.165, 1.54) is 0 Å². The van der Waals surface area contributed by atoms with Gasteiger partial charge in [-0.1, -0.05) is 17.7 Å². The molecule has 0 bridgehead atoms. The van der Waals surface area contributed by atoms with Gasteiger partial charge in [0.25, 0.3) is 0 Å². The Morgan fingerprint density at radius 3 is 2.43 bits per heavy atom. The number of carbonyl (C=O) groups excluding carboxylic acids is 2. The van der Waals surface area contributed by atoms with E-state index in [-0.39, 0.29) is 18.0 Å². The van der Waals surface area contributed by atoms with Crippen LogP contribution in [0.4, 0.5) is 10.5 Å². The first-order chi connectivity index (χ1) is 11.0. The highest BCUT2D eigenvalue weighted by atomic mass is 35.5. The van der Waals surface area contributed by atoms with Crippen molar-refractivity contribution in [1.29, 1.82) is 0 Å². The Morgan fingerprint density at radius 1 is 1.26 bits per heavy atom. The second-order valence-corrected chi connectivity index (χ2v) is 6.31. The van der Waals surface area contributed by atoms with Crippen LogP contribution >= 0.6 is 23.2 Å². The van der Waals surface area contributed by atoms with Crippen LogP contribution in [0.15, 0.2) is 24.3 Å². The third-order valence-corrected chi connectivity index (χ3v) is 4.13. The van der Waals surface area contributed by atoms with Crippen LogP contribution in [0.2, 0.25) is 0 Å². The molecule has 0 radical (unpaired) electrons. The number of rotatable bonds is 6. The van der Waals surface area contributed by atoms with Crippen LogP contribution in [0.3, 0.4) is 0 Å². The summed E-state index contributed by atoms with van der Waals surface area (Å²) in [5.41, 5.74) is 2.00. The van der Waals surface area contributed by atoms with Crippen molar-refractivity contribution in [2.24, 2.45) is 0 Å². The van der Waals surface area contributed by atoms with Gasteiger partial charge in [-0.15, -0.1) is 23.2 Å². The average molecular weight is 358 g/mol. The summed E-state index contributed by atoms with van der Waals surface area (Å²) in [5.74, 6) is 0.715. The lowest BCUT2D eigenvalue weighted by atomic mass is 10.2. The summed E-state index contributed by atoms with van der Waals surface area (Å²) in [6, 6.07) is 7.35. The quantitative estimate of drug-likeness (QED) is 0.795. The third kappa shape index (κ3) is 4.75. The zero-order valence-electron chi connectivity index (χ0n) is 13.1. The Kier molecular flexibility index (Phi) is 6.54. The van der Waals surface area contributed by atoms with E-state index in [1.807, 2.05) is 31.2 Å². The number of hydrogen-bond donors (Lipinski definition) is 1. The van der Waals surface area contributed by atoms with Crippen molar-refractivity contribution >= 4 is 40.8 Å². The van der Waals surface area contributed by atoms with Crippen LogP contribution in [-0.4, -0.2) is 54.3 Å². The van der Waals surface area contributed by atoms with E-state index in [0.29, 0.717) is 37.8 Å². The zero-order chi connectivity index (χ0) is 16.8. The predicted octanol–water partition coefficient (Wildman–Crippen LogP) is 2.59. The molecule has 0 spiro atoms. The van der Waals surface area contributed by atoms with Gasteiger partial charge in [-0.3, -0.25) is 4.79 Å². The number of aryl methyl sites for hydroxylation is 1. The summed E-state index contributed by atoms with van der Waals surface area (Å²) in [7, 11) is 0. The molecule has 1 N–H and O–H groups in total. The third-order valence-electron chi connectivity index (χ3n) is 3.79. The summed E-state index contributed by atoms with van der Waals surface area (Å²) in [6.45, 7) is 3.34. The standard InChI is InChI=1S/C16H21Cl2N3O2/c1-12-2-4-14(5-3-12)21-11-13(10-15(21)22)19-16(23)20(8-6-17)9-7-18/h2-5,13H,6-11H2,1H3,(H,19,23)/t13-/m1/s1. The van der Waals surface area contributed by atoms with Crippen molar-refractivity contribution in [2.45, 2.75) is 19.4 Å². The molecule has 0 aliphatic carbocycles. The molecule has 1 fully saturated rings. The molecule has 1 atom stereocenters. The van der Waals surface area contributed by atoms with E-state index in [2.05, 4.69) is 5.32 Å². The SMILES string of the molecule is Cc1ccc(N2C[C@H](NC(=O)N(CCCl)CCCl)CC2=O)cc1. The number of halogens is 2. The summed E-state index contributed by atoms with van der Waals surface area (Å²) >= 11 is 11.4. The molecule has 23 heavy (non-hydrogen) atoms. The van der Waals surface area contributed by atoms with Gasteiger partial charge in [-0.25, -0.2) is 4.79 Å². The Hall–Kier alpha value is -1.46. The summed E-state index contributed by atoms with van der Waals surface area (Å²) in [4.78, 5) is 27.7. The van der Waals surface area contributed by atoms with Crippen LogP contribution in [-0.2, 0) is 4.79 Å². The van der Waals surface area contributed by atoms with Gasteiger partial charge in [0.05, 0.1) is 6.04 Å². The molecule has 1 heterocycles. The van der Waals surface area contributed by atoms with E-state index in [4.69, 9.17) is 23.2 Å². The topological polar surface area (TPSA) is 52.7 Å². The number of carbonyl (C=O) groups is 2. The Labute approximate surface area is 146 Å². The molecule has 0 unspecified atom stereocenters. The highest BCUT2D eigenvalue weighted by Gasteiger charge is 2.32. The molecule has 5 nitrogen and oxygen atoms in total. The number of nitrogens with zero attached hydrogens (tertiary/aromatic N) is 2. The normalized spacial score (nSPS) is 17.4. The fraction of sp³-hybridized carbons (Fsp3) is 0.500. The molecule has 1 aromatic rings. The minimum Gasteiger partial charge on any atom is -0.333 e. The number of alkyl halides is 2. The maximum Gasteiger partial charge on any atom is 0.317 e. The van der Waals surface area contributed by atoms with Gasteiger partial charge < -0.3 is 15.1 Å². The van der Waals surface area contributed by atoms with E-state index in [0.717, 1.165) is 11.3 Å². The first kappa shape index (κ1) is 17.9. The molecule has 0 aromatic heterocycles. The largest absolute Gasteiger partial charge is 0.333 e. The van der Waals surface area contributed by atoms with Crippen molar-refractivity contribution < 1.29 is 9.59 Å². The van der Waals surface area contributed by atoms with Gasteiger partial charge in [0.1, 0.15) is 0 Å². The van der Waals surface area contributed by atoms with Crippen molar-refractivity contribution in [3.05, 3.63) is 29.8 Å². The van der Waals surface area contributed by atoms with E-state index in [9.17, 15) is 9.59 Å². The number of nitrogens with one attached hydrogen (secondary N) is 1. The van der Waals surface area contributed by atoms with E-state index >= 15 is 0 Å². The van der Waals surface area contributed by atoms with Crippen LogP contribution < -0.4 is 10.2 Å². The smallest absolute Gasteiger partial charge is 0.317 e. The molecule has 0 saturated carbocycles. The first-order valence-electron chi connectivity index (χ1n) is 7.59. The highest BCUT2D eigenvalue weighted by Crippen LogP contribution is 2.22. The molecule has 1 saturated heterocycles. The molecule has 1 aliphatic rings. The summed E-state index contributed by atoms with van der Waals surface area (Å²) in [5, 5.41) is 2.90. The number of urea groups is 1. The second kappa shape index (κ2) is 8.41. The number of amides is 3. The van der Waals surface area contributed by atoms with Crippen molar-refractivity contribution in [3.8, 4) is 0 Å². The predicted molar refractivity (Wildman–Crippen MR) is 93.5 cm³/mol. The van der Waals surface area contributed by atoms with Crippen molar-refractivity contribution in [2.75, 3.05) is 36.3 Å². The lowest BCUT2D eigenvalue weighted by molar-refractivity contribution is -0.117. The van der Waals surface area contributed by atoms with Crippen LogP contribution in [0.25, 0.3) is 0 Å². The van der Waals surface area contributed by atoms with Crippen molar-refractivity contribution in [1.82, 2.24) is 10.2 Å². The van der Waals surface area contributed by atoms with Gasteiger partial charge in [0.15, 0.2) is 0 Å². The molecule has 126 valence electrons. The molecule has 1 aromatic carbocycles. The molecular formula is C16H21Cl2N3O2. The fourth-order valence-electron chi connectivity index (χ4n) is 2.56. The lowest BCUT2D eigenvalue weighted by Gasteiger charge is -2.23. The molecule has 2 rings (SSSR count). The Bertz CT molecular complexity index is 545. The Morgan fingerprint density at radius 2 is 1.87 bits per heavy atom. The zero-order valence-corrected chi connectivity index (χ0v) is 14.6. The first-order valence-corrected chi connectivity index (χ1v) is 8.66. The lowest BCUT2D eigenvalue weighted by Crippen LogP contribution is -2.47. The van der Waals surface area contributed by atoms with Gasteiger partial charge in [-0.2, -0.15) is 0 Å². The highest BCUT2D eigenvalue weighted by molar-refractivity contribution is 6.18. The maximum absolute atomic E-state index is 12.2. The minimum atomic E-state index is -0.227. The molecule has 3 amide bonds. The molecule has 7 heteroatoms. The number of anilines is 1. The maximum atomic E-state index is 12.2. The average Bonchev–Trinajstić information content (AvgIpc) is 2.88. The van der Waals surface area contributed by atoms with Gasteiger partial charge in [-0.05, 0) is 19.1 Å². The fourth-order valence-corrected chi connectivity index (χ4v) is 2.97. The van der Waals surface area contributed by atoms with Crippen LogP contribution in [0.5, 0.6) is 0 Å². The minimum absolute atomic E-state index is 0.0142. The van der Waals surface area contributed by atoms with E-state index in [1.54, 1.807) is 9.80 Å². The number of benzene rings is 1. The second-order valence-electron chi connectivity index (χ2n) is 5.56.